The van der Waals surface area contributed by atoms with Gasteiger partial charge in [-0.15, -0.1) is 0 Å². The number of aliphatic hydroxyl groups excluding tert-OH is 1. The van der Waals surface area contributed by atoms with Gasteiger partial charge in [-0.05, 0) is 23.8 Å². The maximum Gasteiger partial charge on any atom is 0.0500 e. The average Bonchev–Trinajstić information content (AvgIpc) is 2.39. The summed E-state index contributed by atoms with van der Waals surface area (Å²) in [5.41, 5.74) is 0.814. The molecule has 0 unspecified atom stereocenters. The summed E-state index contributed by atoms with van der Waals surface area (Å²) in [6.45, 7) is 8.11. The summed E-state index contributed by atoms with van der Waals surface area (Å²) in [4.78, 5) is 2.40. The van der Waals surface area contributed by atoms with Gasteiger partial charge in [-0.2, -0.15) is 0 Å². The van der Waals surface area contributed by atoms with E-state index in [0.29, 0.717) is 10.0 Å². The predicted octanol–water partition coefficient (Wildman–Crippen LogP) is 2.96. The van der Waals surface area contributed by atoms with Crippen LogP contribution in [0.1, 0.15) is 25.5 Å². The lowest BCUT2D eigenvalue weighted by atomic mass is 9.80. The van der Waals surface area contributed by atoms with Gasteiger partial charge in [0.15, 0.2) is 0 Å². The zero-order chi connectivity index (χ0) is 14.8. The van der Waals surface area contributed by atoms with Crippen LogP contribution in [0, 0.1) is 5.41 Å². The van der Waals surface area contributed by atoms with Crippen LogP contribution in [-0.2, 0) is 0 Å². The number of benzene rings is 1. The molecule has 0 bridgehead atoms. The van der Waals surface area contributed by atoms with Gasteiger partial charge in [-0.25, -0.2) is 0 Å². The zero-order valence-corrected chi connectivity index (χ0v) is 13.5. The third kappa shape index (κ3) is 3.66. The maximum absolute atomic E-state index is 9.79. The van der Waals surface area contributed by atoms with Gasteiger partial charge in [0.1, 0.15) is 0 Å². The van der Waals surface area contributed by atoms with Crippen LogP contribution in [0.2, 0.25) is 10.0 Å². The van der Waals surface area contributed by atoms with Crippen LogP contribution in [0.5, 0.6) is 0 Å². The number of rotatable bonds is 4. The molecule has 0 aliphatic carbocycles. The number of piperazine rings is 1. The molecule has 2 N–H and O–H groups in total. The van der Waals surface area contributed by atoms with E-state index in [4.69, 9.17) is 23.2 Å². The van der Waals surface area contributed by atoms with E-state index in [0.717, 1.165) is 31.7 Å². The van der Waals surface area contributed by atoms with Gasteiger partial charge in [-0.3, -0.25) is 4.90 Å². The molecule has 1 aromatic carbocycles. The van der Waals surface area contributed by atoms with Crippen molar-refractivity contribution in [2.24, 2.45) is 5.41 Å². The molecule has 0 radical (unpaired) electrons. The summed E-state index contributed by atoms with van der Waals surface area (Å²) in [5, 5.41) is 14.4. The topological polar surface area (TPSA) is 35.5 Å². The quantitative estimate of drug-likeness (QED) is 0.896. The molecule has 1 fully saturated rings. The van der Waals surface area contributed by atoms with Gasteiger partial charge in [-0.1, -0.05) is 37.0 Å². The molecule has 1 atom stereocenters. The lowest BCUT2D eigenvalue weighted by molar-refractivity contribution is 0.0305. The Morgan fingerprint density at radius 1 is 1.20 bits per heavy atom. The SMILES string of the molecule is CC(C)(CO)[C@H](c1cc(Cl)cc(Cl)c1)N1CCNCC1. The second kappa shape index (κ2) is 6.63. The lowest BCUT2D eigenvalue weighted by Crippen LogP contribution is -2.49. The van der Waals surface area contributed by atoms with Crippen LogP contribution in [0.3, 0.4) is 0 Å². The summed E-state index contributed by atoms with van der Waals surface area (Å²) in [6.07, 6.45) is 0. The molecular weight excluding hydrogens is 295 g/mol. The molecule has 0 saturated carbocycles. The minimum atomic E-state index is -0.259. The van der Waals surface area contributed by atoms with E-state index in [1.165, 1.54) is 0 Å². The van der Waals surface area contributed by atoms with E-state index in [-0.39, 0.29) is 18.1 Å². The molecule has 0 amide bonds. The fourth-order valence-corrected chi connectivity index (χ4v) is 3.46. The van der Waals surface area contributed by atoms with Crippen LogP contribution in [0.25, 0.3) is 0 Å². The fraction of sp³-hybridized carbons (Fsp3) is 0.600. The molecule has 1 saturated heterocycles. The Morgan fingerprint density at radius 3 is 2.25 bits per heavy atom. The average molecular weight is 317 g/mol. The highest BCUT2D eigenvalue weighted by Crippen LogP contribution is 2.40. The Bertz CT molecular complexity index is 439. The molecule has 1 heterocycles. The predicted molar refractivity (Wildman–Crippen MR) is 84.5 cm³/mol. The Labute approximate surface area is 130 Å². The monoisotopic (exact) mass is 316 g/mol. The summed E-state index contributed by atoms with van der Waals surface area (Å²) in [7, 11) is 0. The van der Waals surface area contributed by atoms with Crippen molar-refractivity contribution in [1.29, 1.82) is 0 Å². The second-order valence-electron chi connectivity index (χ2n) is 6.04. The Balaban J connectivity index is 2.39. The number of aliphatic hydroxyl groups is 1. The first-order valence-electron chi connectivity index (χ1n) is 6.95. The lowest BCUT2D eigenvalue weighted by Gasteiger charge is -2.43. The minimum absolute atomic E-state index is 0.103. The normalized spacial score (nSPS) is 19.1. The Morgan fingerprint density at radius 2 is 1.75 bits per heavy atom. The highest BCUT2D eigenvalue weighted by atomic mass is 35.5. The third-order valence-corrected chi connectivity index (χ3v) is 4.30. The number of hydrogen-bond donors (Lipinski definition) is 2. The molecule has 0 spiro atoms. The first-order chi connectivity index (χ1) is 9.44. The third-order valence-electron chi connectivity index (χ3n) is 3.87. The Kier molecular flexibility index (Phi) is 5.32. The van der Waals surface area contributed by atoms with E-state index in [1.54, 1.807) is 6.07 Å². The van der Waals surface area contributed by atoms with Gasteiger partial charge in [0.05, 0.1) is 0 Å². The molecule has 0 aromatic heterocycles. The standard InChI is InChI=1S/C15H22Cl2N2O/c1-15(2,10-20)14(19-5-3-18-4-6-19)11-7-12(16)9-13(17)8-11/h7-9,14,18,20H,3-6,10H2,1-2H3/t14-/m0/s1. The molecule has 20 heavy (non-hydrogen) atoms. The van der Waals surface area contributed by atoms with Crippen LogP contribution in [0.4, 0.5) is 0 Å². The van der Waals surface area contributed by atoms with E-state index in [9.17, 15) is 5.11 Å². The summed E-state index contributed by atoms with van der Waals surface area (Å²) < 4.78 is 0. The smallest absolute Gasteiger partial charge is 0.0500 e. The van der Waals surface area contributed by atoms with Crippen molar-refractivity contribution in [2.45, 2.75) is 19.9 Å². The zero-order valence-electron chi connectivity index (χ0n) is 12.0. The molecule has 5 heteroatoms. The van der Waals surface area contributed by atoms with E-state index >= 15 is 0 Å². The molecule has 1 aliphatic heterocycles. The summed E-state index contributed by atoms with van der Waals surface area (Å²) in [6, 6.07) is 5.76. The number of halogens is 2. The van der Waals surface area contributed by atoms with Crippen LogP contribution in [0.15, 0.2) is 18.2 Å². The molecule has 2 rings (SSSR count). The first-order valence-corrected chi connectivity index (χ1v) is 7.71. The van der Waals surface area contributed by atoms with Gasteiger partial charge in [0.2, 0.25) is 0 Å². The van der Waals surface area contributed by atoms with Gasteiger partial charge in [0.25, 0.3) is 0 Å². The highest BCUT2D eigenvalue weighted by molar-refractivity contribution is 6.34. The van der Waals surface area contributed by atoms with Crippen molar-refractivity contribution in [3.8, 4) is 0 Å². The number of hydrogen-bond acceptors (Lipinski definition) is 3. The van der Waals surface area contributed by atoms with Crippen molar-refractivity contribution in [2.75, 3.05) is 32.8 Å². The minimum Gasteiger partial charge on any atom is -0.396 e. The summed E-state index contributed by atoms with van der Waals surface area (Å²) >= 11 is 12.3. The van der Waals surface area contributed by atoms with Crippen molar-refractivity contribution in [3.63, 3.8) is 0 Å². The molecule has 1 aromatic rings. The molecule has 3 nitrogen and oxygen atoms in total. The summed E-state index contributed by atoms with van der Waals surface area (Å²) in [5.74, 6) is 0. The Hall–Kier alpha value is -0.320. The molecule has 112 valence electrons. The van der Waals surface area contributed by atoms with Gasteiger partial charge in [0, 0.05) is 54.3 Å². The largest absolute Gasteiger partial charge is 0.396 e. The van der Waals surface area contributed by atoms with Crippen LogP contribution < -0.4 is 5.32 Å². The molecule has 1 aliphatic rings. The van der Waals surface area contributed by atoms with Crippen molar-refractivity contribution in [1.82, 2.24) is 10.2 Å². The van der Waals surface area contributed by atoms with Crippen LogP contribution >= 0.6 is 23.2 Å². The van der Waals surface area contributed by atoms with Crippen LogP contribution in [-0.4, -0.2) is 42.8 Å². The van der Waals surface area contributed by atoms with Crippen molar-refractivity contribution < 1.29 is 5.11 Å². The van der Waals surface area contributed by atoms with Crippen molar-refractivity contribution in [3.05, 3.63) is 33.8 Å². The fourth-order valence-electron chi connectivity index (χ4n) is 2.92. The van der Waals surface area contributed by atoms with E-state index in [2.05, 4.69) is 24.1 Å². The van der Waals surface area contributed by atoms with Crippen molar-refractivity contribution >= 4 is 23.2 Å². The number of nitrogens with zero attached hydrogens (tertiary/aromatic N) is 1. The van der Waals surface area contributed by atoms with Gasteiger partial charge < -0.3 is 10.4 Å². The van der Waals surface area contributed by atoms with E-state index < -0.39 is 0 Å². The van der Waals surface area contributed by atoms with E-state index in [1.807, 2.05) is 12.1 Å². The number of nitrogens with one attached hydrogen (secondary N) is 1. The highest BCUT2D eigenvalue weighted by Gasteiger charge is 2.35. The second-order valence-corrected chi connectivity index (χ2v) is 6.91. The maximum atomic E-state index is 9.79. The molecular formula is C15H22Cl2N2O. The first kappa shape index (κ1) is 16.1. The van der Waals surface area contributed by atoms with Gasteiger partial charge >= 0.3 is 0 Å².